The molecular formula is C23H24N4O2. The molecule has 6 heteroatoms. The van der Waals surface area contributed by atoms with Crippen molar-refractivity contribution < 1.29 is 9.59 Å². The summed E-state index contributed by atoms with van der Waals surface area (Å²) in [6.45, 7) is 8.14. The van der Waals surface area contributed by atoms with Crippen LogP contribution in [0.5, 0.6) is 0 Å². The first-order valence-electron chi connectivity index (χ1n) is 9.36. The van der Waals surface area contributed by atoms with Crippen LogP contribution >= 0.6 is 0 Å². The average molecular weight is 388 g/mol. The van der Waals surface area contributed by atoms with Crippen LogP contribution in [-0.2, 0) is 5.41 Å². The zero-order chi connectivity index (χ0) is 21.0. The molecule has 0 saturated heterocycles. The van der Waals surface area contributed by atoms with Crippen molar-refractivity contribution in [2.24, 2.45) is 0 Å². The molecule has 0 radical (unpaired) electrons. The van der Waals surface area contributed by atoms with E-state index in [4.69, 9.17) is 0 Å². The molecule has 1 aromatic heterocycles. The number of rotatable bonds is 4. The summed E-state index contributed by atoms with van der Waals surface area (Å²) >= 11 is 0. The third-order valence-electron chi connectivity index (χ3n) is 4.37. The van der Waals surface area contributed by atoms with Crippen molar-refractivity contribution in [3.63, 3.8) is 0 Å². The van der Waals surface area contributed by atoms with E-state index in [9.17, 15) is 9.59 Å². The fourth-order valence-corrected chi connectivity index (χ4v) is 2.76. The molecule has 0 spiro atoms. The van der Waals surface area contributed by atoms with E-state index in [1.54, 1.807) is 49.4 Å². The van der Waals surface area contributed by atoms with Gasteiger partial charge in [-0.15, -0.1) is 0 Å². The molecule has 148 valence electrons. The number of carbonyl (C=O) groups is 2. The topological polar surface area (TPSA) is 84.0 Å². The van der Waals surface area contributed by atoms with Crippen LogP contribution in [0.2, 0.25) is 0 Å². The van der Waals surface area contributed by atoms with Gasteiger partial charge in [-0.25, -0.2) is 4.98 Å². The zero-order valence-electron chi connectivity index (χ0n) is 17.0. The minimum Gasteiger partial charge on any atom is -0.306 e. The number of hydrogen-bond acceptors (Lipinski definition) is 4. The van der Waals surface area contributed by atoms with E-state index in [-0.39, 0.29) is 23.2 Å². The Morgan fingerprint density at radius 3 is 2.00 bits per heavy atom. The monoisotopic (exact) mass is 388 g/mol. The Morgan fingerprint density at radius 1 is 0.793 bits per heavy atom. The maximum absolute atomic E-state index is 12.6. The van der Waals surface area contributed by atoms with Gasteiger partial charge in [-0.2, -0.15) is 4.98 Å². The number of nitrogens with one attached hydrogen (secondary N) is 2. The Hall–Kier alpha value is -3.54. The Kier molecular flexibility index (Phi) is 5.73. The maximum atomic E-state index is 12.6. The van der Waals surface area contributed by atoms with Gasteiger partial charge in [-0.3, -0.25) is 14.9 Å². The van der Waals surface area contributed by atoms with Crippen LogP contribution < -0.4 is 10.6 Å². The van der Waals surface area contributed by atoms with E-state index >= 15 is 0 Å². The van der Waals surface area contributed by atoms with Gasteiger partial charge in [-0.1, -0.05) is 51.1 Å². The van der Waals surface area contributed by atoms with Gasteiger partial charge < -0.3 is 5.32 Å². The lowest BCUT2D eigenvalue weighted by Gasteiger charge is -2.19. The molecule has 0 bridgehead atoms. The van der Waals surface area contributed by atoms with Gasteiger partial charge in [0.15, 0.2) is 0 Å². The molecule has 2 amide bonds. The molecular weight excluding hydrogens is 364 g/mol. The van der Waals surface area contributed by atoms with Gasteiger partial charge in [0.05, 0.1) is 0 Å². The van der Waals surface area contributed by atoms with Crippen LogP contribution in [0.15, 0.2) is 60.7 Å². The van der Waals surface area contributed by atoms with Crippen LogP contribution in [0.1, 0.15) is 52.7 Å². The summed E-state index contributed by atoms with van der Waals surface area (Å²) in [6.07, 6.45) is 0. The number of aryl methyl sites for hydroxylation is 1. The fourth-order valence-electron chi connectivity index (χ4n) is 2.76. The van der Waals surface area contributed by atoms with Gasteiger partial charge in [-0.05, 0) is 42.2 Å². The Morgan fingerprint density at radius 2 is 1.38 bits per heavy atom. The minimum absolute atomic E-state index is 0.0185. The number of amides is 2. The van der Waals surface area contributed by atoms with Crippen LogP contribution in [0.3, 0.4) is 0 Å². The first-order chi connectivity index (χ1) is 13.7. The second-order valence-corrected chi connectivity index (χ2v) is 7.82. The molecule has 29 heavy (non-hydrogen) atoms. The van der Waals surface area contributed by atoms with E-state index < -0.39 is 0 Å². The van der Waals surface area contributed by atoms with E-state index in [0.717, 1.165) is 5.56 Å². The molecule has 0 unspecified atom stereocenters. The summed E-state index contributed by atoms with van der Waals surface area (Å²) < 4.78 is 0. The standard InChI is InChI=1S/C23H24N4O2/c1-15-14-19(25-20(28)17-10-12-18(13-11-17)23(2,3)4)26-22(24-15)27-21(29)16-8-6-5-7-9-16/h5-14H,1-4H3,(H2,24,25,26,27,28,29). The lowest BCUT2D eigenvalue weighted by molar-refractivity contribution is 0.101. The zero-order valence-corrected chi connectivity index (χ0v) is 17.0. The predicted octanol–water partition coefficient (Wildman–Crippen LogP) is 4.59. The van der Waals surface area contributed by atoms with Crippen LogP contribution in [0.25, 0.3) is 0 Å². The maximum Gasteiger partial charge on any atom is 0.258 e. The summed E-state index contributed by atoms with van der Waals surface area (Å²) in [5.74, 6) is -0.127. The number of nitrogens with zero attached hydrogens (tertiary/aromatic N) is 2. The van der Waals surface area contributed by atoms with Crippen molar-refractivity contribution >= 4 is 23.6 Å². The minimum atomic E-state index is -0.314. The van der Waals surface area contributed by atoms with Crippen LogP contribution in [-0.4, -0.2) is 21.8 Å². The Bertz CT molecular complexity index is 1020. The Labute approximate surface area is 170 Å². The second-order valence-electron chi connectivity index (χ2n) is 7.82. The highest BCUT2D eigenvalue weighted by atomic mass is 16.2. The number of benzene rings is 2. The normalized spacial score (nSPS) is 11.0. The molecule has 0 saturated carbocycles. The molecule has 1 heterocycles. The smallest absolute Gasteiger partial charge is 0.258 e. The van der Waals surface area contributed by atoms with Gasteiger partial charge in [0, 0.05) is 22.9 Å². The van der Waals surface area contributed by atoms with Crippen molar-refractivity contribution in [2.45, 2.75) is 33.1 Å². The average Bonchev–Trinajstić information content (AvgIpc) is 2.67. The summed E-state index contributed by atoms with van der Waals surface area (Å²) in [6, 6.07) is 17.9. The molecule has 0 atom stereocenters. The lowest BCUT2D eigenvalue weighted by atomic mass is 9.87. The first kappa shape index (κ1) is 20.2. The fraction of sp³-hybridized carbons (Fsp3) is 0.217. The van der Waals surface area contributed by atoms with Gasteiger partial charge in [0.2, 0.25) is 5.95 Å². The highest BCUT2D eigenvalue weighted by molar-refractivity contribution is 6.05. The number of carbonyl (C=O) groups excluding carboxylic acids is 2. The highest BCUT2D eigenvalue weighted by Gasteiger charge is 2.15. The molecule has 0 aliphatic carbocycles. The van der Waals surface area contributed by atoms with Gasteiger partial charge in [0.1, 0.15) is 5.82 Å². The number of anilines is 2. The molecule has 0 fully saturated rings. The summed E-state index contributed by atoms with van der Waals surface area (Å²) in [7, 11) is 0. The molecule has 0 aliphatic rings. The number of hydrogen-bond donors (Lipinski definition) is 2. The predicted molar refractivity (Wildman–Crippen MR) is 114 cm³/mol. The summed E-state index contributed by atoms with van der Waals surface area (Å²) in [4.78, 5) is 33.4. The number of aromatic nitrogens is 2. The Balaban J connectivity index is 1.74. The van der Waals surface area contributed by atoms with Crippen LogP contribution in [0.4, 0.5) is 11.8 Å². The van der Waals surface area contributed by atoms with E-state index in [1.165, 1.54) is 0 Å². The molecule has 3 aromatic rings. The molecule has 6 nitrogen and oxygen atoms in total. The van der Waals surface area contributed by atoms with Crippen molar-refractivity contribution in [1.29, 1.82) is 0 Å². The molecule has 2 aromatic carbocycles. The van der Waals surface area contributed by atoms with Gasteiger partial charge in [0.25, 0.3) is 11.8 Å². The van der Waals surface area contributed by atoms with Crippen molar-refractivity contribution in [3.8, 4) is 0 Å². The molecule has 3 rings (SSSR count). The largest absolute Gasteiger partial charge is 0.306 e. The third-order valence-corrected chi connectivity index (χ3v) is 4.37. The van der Waals surface area contributed by atoms with Crippen LogP contribution in [0, 0.1) is 6.92 Å². The van der Waals surface area contributed by atoms with Crippen molar-refractivity contribution in [3.05, 3.63) is 83.0 Å². The first-order valence-corrected chi connectivity index (χ1v) is 9.36. The van der Waals surface area contributed by atoms with Crippen molar-refractivity contribution in [1.82, 2.24) is 9.97 Å². The van der Waals surface area contributed by atoms with E-state index in [1.807, 2.05) is 18.2 Å². The second kappa shape index (κ2) is 8.22. The van der Waals surface area contributed by atoms with Gasteiger partial charge >= 0.3 is 0 Å². The summed E-state index contributed by atoms with van der Waals surface area (Å²) in [5.41, 5.74) is 2.83. The highest BCUT2D eigenvalue weighted by Crippen LogP contribution is 2.22. The lowest BCUT2D eigenvalue weighted by Crippen LogP contribution is -2.18. The van der Waals surface area contributed by atoms with E-state index in [0.29, 0.717) is 22.6 Å². The quantitative estimate of drug-likeness (QED) is 0.685. The van der Waals surface area contributed by atoms with Crippen molar-refractivity contribution in [2.75, 3.05) is 10.6 Å². The summed E-state index contributed by atoms with van der Waals surface area (Å²) in [5, 5.41) is 5.43. The molecule has 0 aliphatic heterocycles. The van der Waals surface area contributed by atoms with E-state index in [2.05, 4.69) is 41.4 Å². The third kappa shape index (κ3) is 5.25. The molecule has 2 N–H and O–H groups in total. The SMILES string of the molecule is Cc1cc(NC(=O)c2ccc(C(C)(C)C)cc2)nc(NC(=O)c2ccccc2)n1.